The Labute approximate surface area is 141 Å². The largest absolute Gasteiger partial charge is 0.487 e. The van der Waals surface area contributed by atoms with Crippen molar-refractivity contribution in [3.63, 3.8) is 0 Å². The summed E-state index contributed by atoms with van der Waals surface area (Å²) >= 11 is 0. The standard InChI is InChI=1S/C19H20N2O3/c1-19(7-8-19)24-18(22)10-17(20)15-9-16(12-21-11-15)23-13-14-5-3-2-4-6-14/h2-6,9-12H,7-8,13,20H2,1H3/b17-10+. The zero-order valence-corrected chi connectivity index (χ0v) is 13.6. The van der Waals surface area contributed by atoms with E-state index in [4.69, 9.17) is 15.2 Å². The Morgan fingerprint density at radius 1 is 1.29 bits per heavy atom. The van der Waals surface area contributed by atoms with Crippen LogP contribution in [-0.4, -0.2) is 16.6 Å². The fourth-order valence-electron chi connectivity index (χ4n) is 2.16. The zero-order valence-electron chi connectivity index (χ0n) is 13.6. The second kappa shape index (κ2) is 6.74. The number of hydrogen-bond acceptors (Lipinski definition) is 5. The van der Waals surface area contributed by atoms with Gasteiger partial charge in [0.25, 0.3) is 0 Å². The van der Waals surface area contributed by atoms with Gasteiger partial charge in [0.15, 0.2) is 0 Å². The number of hydrogen-bond donors (Lipinski definition) is 1. The molecule has 0 amide bonds. The van der Waals surface area contributed by atoms with E-state index in [2.05, 4.69) is 4.98 Å². The maximum atomic E-state index is 11.8. The van der Waals surface area contributed by atoms with Crippen LogP contribution in [0.1, 0.15) is 30.9 Å². The molecule has 0 bridgehead atoms. The van der Waals surface area contributed by atoms with Gasteiger partial charge >= 0.3 is 5.97 Å². The number of nitrogens with zero attached hydrogens (tertiary/aromatic N) is 1. The Morgan fingerprint density at radius 3 is 2.75 bits per heavy atom. The molecule has 124 valence electrons. The molecular formula is C19H20N2O3. The van der Waals surface area contributed by atoms with Crippen molar-refractivity contribution in [1.29, 1.82) is 0 Å². The van der Waals surface area contributed by atoms with Crippen molar-refractivity contribution in [3.05, 3.63) is 66.0 Å². The Hall–Kier alpha value is -2.82. The number of aromatic nitrogens is 1. The molecule has 1 saturated carbocycles. The van der Waals surface area contributed by atoms with Crippen LogP contribution in [0.25, 0.3) is 5.70 Å². The van der Waals surface area contributed by atoms with E-state index in [1.165, 1.54) is 6.08 Å². The predicted octanol–water partition coefficient (Wildman–Crippen LogP) is 3.06. The lowest BCUT2D eigenvalue weighted by Gasteiger charge is -2.10. The highest BCUT2D eigenvalue weighted by Gasteiger charge is 2.41. The van der Waals surface area contributed by atoms with Crippen LogP contribution in [0.4, 0.5) is 0 Å². The Morgan fingerprint density at radius 2 is 2.04 bits per heavy atom. The first-order chi connectivity index (χ1) is 11.5. The highest BCUT2D eigenvalue weighted by molar-refractivity contribution is 5.90. The monoisotopic (exact) mass is 324 g/mol. The number of carbonyl (C=O) groups excluding carboxylic acids is 1. The number of pyridine rings is 1. The molecule has 0 aliphatic heterocycles. The Balaban J connectivity index is 1.64. The molecule has 2 aromatic rings. The summed E-state index contributed by atoms with van der Waals surface area (Å²) < 4.78 is 11.0. The molecule has 24 heavy (non-hydrogen) atoms. The highest BCUT2D eigenvalue weighted by atomic mass is 16.6. The summed E-state index contributed by atoms with van der Waals surface area (Å²) in [7, 11) is 0. The van der Waals surface area contributed by atoms with Gasteiger partial charge in [0, 0.05) is 23.5 Å². The fourth-order valence-corrected chi connectivity index (χ4v) is 2.16. The number of benzene rings is 1. The van der Waals surface area contributed by atoms with Crippen LogP contribution in [0, 0.1) is 0 Å². The third kappa shape index (κ3) is 4.35. The molecule has 0 unspecified atom stereocenters. The maximum Gasteiger partial charge on any atom is 0.333 e. The molecule has 0 radical (unpaired) electrons. The van der Waals surface area contributed by atoms with Crippen LogP contribution in [-0.2, 0) is 16.1 Å². The number of ether oxygens (including phenoxy) is 2. The third-order valence-electron chi connectivity index (χ3n) is 3.87. The average Bonchev–Trinajstić information content (AvgIpc) is 3.30. The van der Waals surface area contributed by atoms with Crippen molar-refractivity contribution < 1.29 is 14.3 Å². The number of esters is 1. The van der Waals surface area contributed by atoms with E-state index in [1.807, 2.05) is 37.3 Å². The minimum Gasteiger partial charge on any atom is -0.487 e. The van der Waals surface area contributed by atoms with E-state index < -0.39 is 5.97 Å². The van der Waals surface area contributed by atoms with E-state index in [-0.39, 0.29) is 5.60 Å². The summed E-state index contributed by atoms with van der Waals surface area (Å²) in [6.07, 6.45) is 6.30. The van der Waals surface area contributed by atoms with Gasteiger partial charge in [-0.15, -0.1) is 0 Å². The summed E-state index contributed by atoms with van der Waals surface area (Å²) in [6, 6.07) is 11.6. The van der Waals surface area contributed by atoms with Crippen molar-refractivity contribution in [3.8, 4) is 5.75 Å². The molecular weight excluding hydrogens is 304 g/mol. The van der Waals surface area contributed by atoms with E-state index >= 15 is 0 Å². The number of nitrogens with two attached hydrogens (primary N) is 1. The summed E-state index contributed by atoms with van der Waals surface area (Å²) in [5.74, 6) is 0.165. The van der Waals surface area contributed by atoms with Crippen LogP contribution >= 0.6 is 0 Å². The molecule has 1 fully saturated rings. The van der Waals surface area contributed by atoms with Crippen LogP contribution in [0.3, 0.4) is 0 Å². The normalized spacial score (nSPS) is 15.6. The van der Waals surface area contributed by atoms with Gasteiger partial charge in [-0.3, -0.25) is 4.98 Å². The van der Waals surface area contributed by atoms with Gasteiger partial charge in [-0.05, 0) is 31.4 Å². The molecule has 1 aromatic carbocycles. The molecule has 0 spiro atoms. The molecule has 1 aliphatic rings. The van der Waals surface area contributed by atoms with Crippen LogP contribution in [0.15, 0.2) is 54.9 Å². The fraction of sp³-hybridized carbons (Fsp3) is 0.263. The van der Waals surface area contributed by atoms with Crippen LogP contribution in [0.5, 0.6) is 5.75 Å². The van der Waals surface area contributed by atoms with Crippen molar-refractivity contribution in [2.75, 3.05) is 0 Å². The smallest absolute Gasteiger partial charge is 0.333 e. The topological polar surface area (TPSA) is 74.4 Å². The van der Waals surface area contributed by atoms with Gasteiger partial charge in [0.1, 0.15) is 18.0 Å². The molecule has 3 rings (SSSR count). The van der Waals surface area contributed by atoms with Crippen LogP contribution < -0.4 is 10.5 Å². The summed E-state index contributed by atoms with van der Waals surface area (Å²) in [5, 5.41) is 0. The molecule has 5 heteroatoms. The number of rotatable bonds is 6. The second-order valence-electron chi connectivity index (χ2n) is 6.15. The maximum absolute atomic E-state index is 11.8. The lowest BCUT2D eigenvalue weighted by Crippen LogP contribution is -2.15. The lowest BCUT2D eigenvalue weighted by molar-refractivity contribution is -0.143. The Bertz CT molecular complexity index is 752. The molecule has 1 aromatic heterocycles. The first kappa shape index (κ1) is 16.1. The van der Waals surface area contributed by atoms with E-state index in [9.17, 15) is 4.79 Å². The van der Waals surface area contributed by atoms with E-state index in [0.717, 1.165) is 18.4 Å². The van der Waals surface area contributed by atoms with E-state index in [0.29, 0.717) is 23.6 Å². The molecule has 1 aliphatic carbocycles. The first-order valence-electron chi connectivity index (χ1n) is 7.86. The predicted molar refractivity (Wildman–Crippen MR) is 90.9 cm³/mol. The van der Waals surface area contributed by atoms with E-state index in [1.54, 1.807) is 18.5 Å². The van der Waals surface area contributed by atoms with Gasteiger partial charge in [-0.1, -0.05) is 30.3 Å². The van der Waals surface area contributed by atoms with Gasteiger partial charge in [0.05, 0.1) is 6.20 Å². The molecule has 2 N–H and O–H groups in total. The van der Waals surface area contributed by atoms with Crippen LogP contribution in [0.2, 0.25) is 0 Å². The molecule has 0 atom stereocenters. The quantitative estimate of drug-likeness (QED) is 0.653. The highest BCUT2D eigenvalue weighted by Crippen LogP contribution is 2.38. The third-order valence-corrected chi connectivity index (χ3v) is 3.87. The SMILES string of the molecule is CC1(OC(=O)/C=C(/N)c2cncc(OCc3ccccc3)c2)CC1. The minimum absolute atomic E-state index is 0.307. The first-order valence-corrected chi connectivity index (χ1v) is 7.86. The average molecular weight is 324 g/mol. The van der Waals surface area contributed by atoms with Crippen molar-refractivity contribution in [2.45, 2.75) is 32.0 Å². The summed E-state index contributed by atoms with van der Waals surface area (Å²) in [5.41, 5.74) is 7.66. The molecule has 0 saturated heterocycles. The lowest BCUT2D eigenvalue weighted by atomic mass is 10.2. The van der Waals surface area contributed by atoms with Gasteiger partial charge < -0.3 is 15.2 Å². The molecule has 1 heterocycles. The second-order valence-corrected chi connectivity index (χ2v) is 6.15. The summed E-state index contributed by atoms with van der Waals surface area (Å²) in [4.78, 5) is 16.0. The number of carbonyl (C=O) groups is 1. The van der Waals surface area contributed by atoms with Gasteiger partial charge in [0.2, 0.25) is 0 Å². The van der Waals surface area contributed by atoms with Crippen molar-refractivity contribution >= 4 is 11.7 Å². The van der Waals surface area contributed by atoms with Gasteiger partial charge in [-0.25, -0.2) is 4.79 Å². The molecule has 5 nitrogen and oxygen atoms in total. The van der Waals surface area contributed by atoms with Crippen molar-refractivity contribution in [1.82, 2.24) is 4.98 Å². The minimum atomic E-state index is -0.428. The zero-order chi connectivity index (χ0) is 17.0. The van der Waals surface area contributed by atoms with Gasteiger partial charge in [-0.2, -0.15) is 0 Å². The summed E-state index contributed by atoms with van der Waals surface area (Å²) in [6.45, 7) is 2.35. The Kier molecular flexibility index (Phi) is 4.51. The van der Waals surface area contributed by atoms with Crippen molar-refractivity contribution in [2.24, 2.45) is 5.73 Å².